The fourth-order valence-electron chi connectivity index (χ4n) is 3.99. The maximum atomic E-state index is 12.5. The molecule has 0 bridgehead atoms. The van der Waals surface area contributed by atoms with E-state index in [2.05, 4.69) is 10.2 Å². The van der Waals surface area contributed by atoms with Gasteiger partial charge in [0, 0.05) is 45.4 Å². The van der Waals surface area contributed by atoms with Crippen molar-refractivity contribution in [2.75, 3.05) is 50.8 Å². The van der Waals surface area contributed by atoms with E-state index in [0.29, 0.717) is 44.5 Å². The first-order valence-electron chi connectivity index (χ1n) is 10.2. The Morgan fingerprint density at radius 2 is 1.79 bits per heavy atom. The number of sulfone groups is 1. The molecule has 3 heterocycles. The third-order valence-corrected chi connectivity index (χ3v) is 7.67. The Balaban J connectivity index is 0.00000225. The predicted molar refractivity (Wildman–Crippen MR) is 118 cm³/mol. The quantitative estimate of drug-likeness (QED) is 0.326. The largest absolute Gasteiger partial charge is 0.368 e. The van der Waals surface area contributed by atoms with Crippen LogP contribution in [0.1, 0.15) is 32.1 Å². The van der Waals surface area contributed by atoms with Gasteiger partial charge in [0.05, 0.1) is 11.5 Å². The van der Waals surface area contributed by atoms with Gasteiger partial charge in [-0.05, 0) is 38.0 Å². The molecular formula is C18H31IN4O4S. The summed E-state index contributed by atoms with van der Waals surface area (Å²) in [4.78, 5) is 21.4. The molecule has 2 atom stereocenters. The maximum Gasteiger partial charge on any atom is 0.251 e. The summed E-state index contributed by atoms with van der Waals surface area (Å²) in [5, 5.41) is 3.50. The third-order valence-electron chi connectivity index (χ3n) is 5.83. The molecule has 0 radical (unpaired) electrons. The summed E-state index contributed by atoms with van der Waals surface area (Å²) in [6.45, 7) is 4.11. The topological polar surface area (TPSA) is 91.3 Å². The molecule has 0 spiro atoms. The molecule has 28 heavy (non-hydrogen) atoms. The highest BCUT2D eigenvalue weighted by Gasteiger charge is 2.33. The number of hydrogen-bond donors (Lipinski definition) is 1. The first-order valence-corrected chi connectivity index (χ1v) is 12.0. The van der Waals surface area contributed by atoms with Gasteiger partial charge in [-0.2, -0.15) is 0 Å². The number of hydrogen-bond acceptors (Lipinski definition) is 5. The zero-order valence-corrected chi connectivity index (χ0v) is 19.4. The van der Waals surface area contributed by atoms with Gasteiger partial charge >= 0.3 is 0 Å². The van der Waals surface area contributed by atoms with E-state index in [4.69, 9.17) is 9.73 Å². The number of guanidine groups is 1. The van der Waals surface area contributed by atoms with E-state index in [0.717, 1.165) is 44.7 Å². The van der Waals surface area contributed by atoms with Crippen molar-refractivity contribution in [3.8, 4) is 0 Å². The van der Waals surface area contributed by atoms with Gasteiger partial charge in [0.1, 0.15) is 6.10 Å². The summed E-state index contributed by atoms with van der Waals surface area (Å²) < 4.78 is 28.8. The molecule has 0 aromatic rings. The third kappa shape index (κ3) is 5.71. The van der Waals surface area contributed by atoms with Crippen LogP contribution in [-0.2, 0) is 19.4 Å². The monoisotopic (exact) mass is 526 g/mol. The number of rotatable bonds is 4. The minimum absolute atomic E-state index is 0. The molecule has 4 fully saturated rings. The molecular weight excluding hydrogens is 495 g/mol. The average Bonchev–Trinajstić information content (AvgIpc) is 3.16. The Labute approximate surface area is 184 Å². The van der Waals surface area contributed by atoms with Crippen LogP contribution in [0.3, 0.4) is 0 Å². The predicted octanol–water partition coefficient (Wildman–Crippen LogP) is 0.470. The van der Waals surface area contributed by atoms with Gasteiger partial charge in [-0.1, -0.05) is 0 Å². The van der Waals surface area contributed by atoms with Crippen molar-refractivity contribution in [1.82, 2.24) is 15.1 Å². The number of nitrogens with one attached hydrogen (secondary N) is 1. The van der Waals surface area contributed by atoms with Gasteiger partial charge in [-0.3, -0.25) is 9.79 Å². The van der Waals surface area contributed by atoms with Gasteiger partial charge in [0.25, 0.3) is 5.91 Å². The number of piperazine rings is 1. The van der Waals surface area contributed by atoms with Gasteiger partial charge in [-0.25, -0.2) is 8.42 Å². The second-order valence-corrected chi connectivity index (χ2v) is 10.4. The zero-order chi connectivity index (χ0) is 18.9. The molecule has 1 amide bonds. The molecule has 2 unspecified atom stereocenters. The van der Waals surface area contributed by atoms with E-state index in [1.54, 1.807) is 0 Å². The normalized spacial score (nSPS) is 30.2. The first kappa shape index (κ1) is 22.1. The number of amides is 1. The first-order chi connectivity index (χ1) is 13.0. The number of halogens is 1. The minimum atomic E-state index is -2.86. The molecule has 4 rings (SSSR count). The molecule has 1 saturated carbocycles. The summed E-state index contributed by atoms with van der Waals surface area (Å²) >= 11 is 0. The molecule has 8 nitrogen and oxygen atoms in total. The maximum absolute atomic E-state index is 12.5. The van der Waals surface area contributed by atoms with E-state index in [-0.39, 0.29) is 47.7 Å². The van der Waals surface area contributed by atoms with E-state index in [1.807, 2.05) is 4.90 Å². The Kier molecular flexibility index (Phi) is 7.46. The molecule has 1 aliphatic carbocycles. The number of aliphatic imine (C=N–C) groups is 1. The van der Waals surface area contributed by atoms with Crippen molar-refractivity contribution >= 4 is 45.7 Å². The van der Waals surface area contributed by atoms with Crippen LogP contribution in [-0.4, -0.2) is 93.1 Å². The zero-order valence-electron chi connectivity index (χ0n) is 16.2. The van der Waals surface area contributed by atoms with Crippen molar-refractivity contribution in [1.29, 1.82) is 0 Å². The van der Waals surface area contributed by atoms with Gasteiger partial charge in [0.15, 0.2) is 15.8 Å². The van der Waals surface area contributed by atoms with Crippen LogP contribution in [0.5, 0.6) is 0 Å². The van der Waals surface area contributed by atoms with Crippen molar-refractivity contribution in [2.45, 2.75) is 44.2 Å². The smallest absolute Gasteiger partial charge is 0.251 e. The molecule has 0 aromatic heterocycles. The number of carbonyl (C=O) groups is 1. The van der Waals surface area contributed by atoms with E-state index in [9.17, 15) is 13.2 Å². The van der Waals surface area contributed by atoms with Gasteiger partial charge in [-0.15, -0.1) is 24.0 Å². The van der Waals surface area contributed by atoms with Gasteiger partial charge in [0.2, 0.25) is 0 Å². The lowest BCUT2D eigenvalue weighted by Gasteiger charge is -2.37. The van der Waals surface area contributed by atoms with Crippen molar-refractivity contribution in [3.05, 3.63) is 0 Å². The Morgan fingerprint density at radius 1 is 1.07 bits per heavy atom. The summed E-state index contributed by atoms with van der Waals surface area (Å²) in [6.07, 6.45) is 4.59. The minimum Gasteiger partial charge on any atom is -0.368 e. The van der Waals surface area contributed by atoms with Crippen LogP contribution in [0.2, 0.25) is 0 Å². The van der Waals surface area contributed by atoms with Crippen molar-refractivity contribution in [2.24, 2.45) is 10.9 Å². The molecule has 0 aromatic carbocycles. The molecule has 10 heteroatoms. The molecule has 3 aliphatic heterocycles. The highest BCUT2D eigenvalue weighted by atomic mass is 127. The van der Waals surface area contributed by atoms with E-state index >= 15 is 0 Å². The Bertz CT molecular complexity index is 684. The highest BCUT2D eigenvalue weighted by Crippen LogP contribution is 2.21. The lowest BCUT2D eigenvalue weighted by molar-refractivity contribution is -0.142. The fourth-order valence-corrected chi connectivity index (χ4v) is 5.84. The summed E-state index contributed by atoms with van der Waals surface area (Å²) in [7, 11) is -2.86. The summed E-state index contributed by atoms with van der Waals surface area (Å²) in [5.41, 5.74) is 0. The second-order valence-electron chi connectivity index (χ2n) is 8.17. The van der Waals surface area contributed by atoms with Crippen LogP contribution < -0.4 is 5.32 Å². The molecule has 160 valence electrons. The summed E-state index contributed by atoms with van der Waals surface area (Å²) in [6, 6.07) is 0.489. The standard InChI is InChI=1S/C18H30N4O4S.HI/c23-17(16-2-1-10-26-16)21-6-8-22(9-7-21)18(20-15-3-4-15)19-12-14-5-11-27(24,25)13-14;/h14-16H,1-13H2,(H,19,20);1H. The number of carbonyl (C=O) groups excluding carboxylic acids is 1. The van der Waals surface area contributed by atoms with Crippen LogP contribution in [0.15, 0.2) is 4.99 Å². The molecule has 3 saturated heterocycles. The number of ether oxygens (including phenoxy) is 1. The SMILES string of the molecule is I.O=C(C1CCCO1)N1CCN(C(=NCC2CCS(=O)(=O)C2)NC2CC2)CC1. The van der Waals surface area contributed by atoms with Crippen LogP contribution in [0, 0.1) is 5.92 Å². The van der Waals surface area contributed by atoms with Gasteiger partial charge < -0.3 is 19.9 Å². The van der Waals surface area contributed by atoms with E-state index < -0.39 is 9.84 Å². The van der Waals surface area contributed by atoms with Crippen LogP contribution >= 0.6 is 24.0 Å². The second kappa shape index (κ2) is 9.46. The van der Waals surface area contributed by atoms with Crippen molar-refractivity contribution in [3.63, 3.8) is 0 Å². The fraction of sp³-hybridized carbons (Fsp3) is 0.889. The number of nitrogens with zero attached hydrogens (tertiary/aromatic N) is 3. The Morgan fingerprint density at radius 3 is 2.36 bits per heavy atom. The Hall–Kier alpha value is -0.620. The van der Waals surface area contributed by atoms with Crippen LogP contribution in [0.4, 0.5) is 0 Å². The van der Waals surface area contributed by atoms with Crippen molar-refractivity contribution < 1.29 is 17.9 Å². The lowest BCUT2D eigenvalue weighted by atomic mass is 10.1. The average molecular weight is 526 g/mol. The van der Waals surface area contributed by atoms with Crippen LogP contribution in [0.25, 0.3) is 0 Å². The van der Waals surface area contributed by atoms with E-state index in [1.165, 1.54) is 0 Å². The lowest BCUT2D eigenvalue weighted by Crippen LogP contribution is -2.55. The summed E-state index contributed by atoms with van der Waals surface area (Å²) in [5.74, 6) is 1.69. The molecule has 4 aliphatic rings. The molecule has 1 N–H and O–H groups in total. The highest BCUT2D eigenvalue weighted by molar-refractivity contribution is 14.0.